The van der Waals surface area contributed by atoms with Gasteiger partial charge in [-0.15, -0.1) is 0 Å². The van der Waals surface area contributed by atoms with Gasteiger partial charge in [0.25, 0.3) is 0 Å². The van der Waals surface area contributed by atoms with Crippen molar-refractivity contribution in [2.24, 2.45) is 0 Å². The molecule has 0 bridgehead atoms. The number of nitrogens with one attached hydrogen (secondary N) is 2. The number of benzene rings is 1. The molecule has 0 aliphatic rings. The second kappa shape index (κ2) is 8.02. The lowest BCUT2D eigenvalue weighted by Crippen LogP contribution is -2.35. The predicted octanol–water partition coefficient (Wildman–Crippen LogP) is 1.33. The first-order valence-electron chi connectivity index (χ1n) is 5.53. The first kappa shape index (κ1) is 14.9. The molecule has 0 spiro atoms. The number of methoxy groups -OCH3 is 1. The summed E-state index contributed by atoms with van der Waals surface area (Å²) in [5.74, 6) is -0.515. The maximum absolute atomic E-state index is 13.0. The molecule has 1 aromatic rings. The Morgan fingerprint density at radius 1 is 1.44 bits per heavy atom. The summed E-state index contributed by atoms with van der Waals surface area (Å²) in [6.07, 6.45) is 0. The number of carbonyl (C=O) groups excluding carboxylic acids is 1. The fraction of sp³-hybridized carbons (Fsp3) is 0.417. The number of halogens is 2. The van der Waals surface area contributed by atoms with Crippen LogP contribution in [0.15, 0.2) is 18.2 Å². The van der Waals surface area contributed by atoms with E-state index in [1.165, 1.54) is 12.1 Å². The Morgan fingerprint density at radius 2 is 2.22 bits per heavy atom. The highest BCUT2D eigenvalue weighted by Gasteiger charge is 2.02. The van der Waals surface area contributed by atoms with Gasteiger partial charge in [0.15, 0.2) is 0 Å². The van der Waals surface area contributed by atoms with Gasteiger partial charge in [0.1, 0.15) is 5.82 Å². The molecule has 1 amide bonds. The molecule has 0 saturated carbocycles. The van der Waals surface area contributed by atoms with Gasteiger partial charge in [0.2, 0.25) is 5.91 Å². The van der Waals surface area contributed by atoms with Gasteiger partial charge < -0.3 is 15.4 Å². The van der Waals surface area contributed by atoms with Crippen LogP contribution in [0.2, 0.25) is 5.02 Å². The highest BCUT2D eigenvalue weighted by atomic mass is 35.5. The van der Waals surface area contributed by atoms with Crippen LogP contribution < -0.4 is 10.6 Å². The second-order valence-corrected chi connectivity index (χ2v) is 4.16. The largest absolute Gasteiger partial charge is 0.383 e. The van der Waals surface area contributed by atoms with E-state index < -0.39 is 0 Å². The van der Waals surface area contributed by atoms with Crippen LogP contribution >= 0.6 is 11.6 Å². The van der Waals surface area contributed by atoms with E-state index in [1.54, 1.807) is 13.2 Å². The number of hydrogen-bond donors (Lipinski definition) is 2. The van der Waals surface area contributed by atoms with Crippen molar-refractivity contribution in [1.82, 2.24) is 10.6 Å². The van der Waals surface area contributed by atoms with Gasteiger partial charge in [-0.05, 0) is 23.8 Å². The van der Waals surface area contributed by atoms with E-state index in [0.717, 1.165) is 0 Å². The molecule has 0 heterocycles. The minimum Gasteiger partial charge on any atom is -0.383 e. The highest BCUT2D eigenvalue weighted by Crippen LogP contribution is 2.13. The van der Waals surface area contributed by atoms with Crippen molar-refractivity contribution in [3.05, 3.63) is 34.6 Å². The average molecular weight is 275 g/mol. The Labute approximate surface area is 110 Å². The molecular weight excluding hydrogens is 259 g/mol. The summed E-state index contributed by atoms with van der Waals surface area (Å²) in [5.41, 5.74) is 0.699. The smallest absolute Gasteiger partial charge is 0.234 e. The zero-order valence-corrected chi connectivity index (χ0v) is 10.9. The SMILES string of the molecule is COCCNC(=O)CNCc1cc(F)cc(Cl)c1. The van der Waals surface area contributed by atoms with E-state index in [9.17, 15) is 9.18 Å². The average Bonchev–Trinajstić information content (AvgIpc) is 2.28. The third-order valence-corrected chi connectivity index (χ3v) is 2.38. The first-order valence-corrected chi connectivity index (χ1v) is 5.91. The summed E-state index contributed by atoms with van der Waals surface area (Å²) in [6.45, 7) is 1.50. The van der Waals surface area contributed by atoms with Gasteiger partial charge in [-0.2, -0.15) is 0 Å². The standard InChI is InChI=1S/C12H16ClFN2O2/c1-18-3-2-16-12(17)8-15-7-9-4-10(13)6-11(14)5-9/h4-6,15H,2-3,7-8H2,1H3,(H,16,17). The van der Waals surface area contributed by atoms with E-state index in [-0.39, 0.29) is 18.3 Å². The molecule has 100 valence electrons. The van der Waals surface area contributed by atoms with Crippen molar-refractivity contribution in [1.29, 1.82) is 0 Å². The summed E-state index contributed by atoms with van der Waals surface area (Å²) in [5, 5.41) is 5.91. The van der Waals surface area contributed by atoms with Gasteiger partial charge in [0, 0.05) is 25.2 Å². The fourth-order valence-electron chi connectivity index (χ4n) is 1.39. The van der Waals surface area contributed by atoms with Gasteiger partial charge in [-0.3, -0.25) is 4.79 Å². The molecule has 0 saturated heterocycles. The molecule has 0 radical (unpaired) electrons. The maximum atomic E-state index is 13.0. The number of amides is 1. The van der Waals surface area contributed by atoms with Gasteiger partial charge in [0.05, 0.1) is 13.2 Å². The van der Waals surface area contributed by atoms with Crippen LogP contribution in [0.1, 0.15) is 5.56 Å². The van der Waals surface area contributed by atoms with Crippen LogP contribution in [-0.2, 0) is 16.1 Å². The Kier molecular flexibility index (Phi) is 6.64. The quantitative estimate of drug-likeness (QED) is 0.738. The van der Waals surface area contributed by atoms with Gasteiger partial charge in [-0.1, -0.05) is 11.6 Å². The summed E-state index contributed by atoms with van der Waals surface area (Å²) in [6, 6.07) is 4.27. The minimum absolute atomic E-state index is 0.130. The second-order valence-electron chi connectivity index (χ2n) is 3.72. The molecule has 2 N–H and O–H groups in total. The first-order chi connectivity index (χ1) is 8.61. The molecular formula is C12H16ClFN2O2. The van der Waals surface area contributed by atoms with Crippen LogP contribution in [0.3, 0.4) is 0 Å². The van der Waals surface area contributed by atoms with E-state index in [1.807, 2.05) is 0 Å². The summed E-state index contributed by atoms with van der Waals surface area (Å²) < 4.78 is 17.8. The number of ether oxygens (including phenoxy) is 1. The molecule has 4 nitrogen and oxygen atoms in total. The lowest BCUT2D eigenvalue weighted by molar-refractivity contribution is -0.120. The highest BCUT2D eigenvalue weighted by molar-refractivity contribution is 6.30. The molecule has 18 heavy (non-hydrogen) atoms. The molecule has 0 unspecified atom stereocenters. The third kappa shape index (κ3) is 5.95. The number of hydrogen-bond acceptors (Lipinski definition) is 3. The Bertz CT molecular complexity index is 381. The van der Waals surface area contributed by atoms with E-state index in [2.05, 4.69) is 10.6 Å². The topological polar surface area (TPSA) is 50.4 Å². The zero-order chi connectivity index (χ0) is 13.4. The van der Waals surface area contributed by atoms with E-state index in [0.29, 0.717) is 30.3 Å². The normalized spacial score (nSPS) is 10.4. The van der Waals surface area contributed by atoms with Crippen molar-refractivity contribution in [2.75, 3.05) is 26.8 Å². The van der Waals surface area contributed by atoms with E-state index >= 15 is 0 Å². The molecule has 6 heteroatoms. The molecule has 0 aromatic heterocycles. The van der Waals surface area contributed by atoms with Gasteiger partial charge in [-0.25, -0.2) is 4.39 Å². The van der Waals surface area contributed by atoms with Crippen LogP contribution in [0, 0.1) is 5.82 Å². The molecule has 1 aromatic carbocycles. The molecule has 0 aliphatic carbocycles. The minimum atomic E-state index is -0.385. The molecule has 0 fully saturated rings. The monoisotopic (exact) mass is 274 g/mol. The summed E-state index contributed by atoms with van der Waals surface area (Å²) in [7, 11) is 1.57. The zero-order valence-electron chi connectivity index (χ0n) is 10.1. The van der Waals surface area contributed by atoms with Gasteiger partial charge >= 0.3 is 0 Å². The molecule has 0 aliphatic heterocycles. The predicted molar refractivity (Wildman–Crippen MR) is 68.0 cm³/mol. The number of carbonyl (C=O) groups is 1. The van der Waals surface area contributed by atoms with E-state index in [4.69, 9.17) is 16.3 Å². The fourth-order valence-corrected chi connectivity index (χ4v) is 1.63. The maximum Gasteiger partial charge on any atom is 0.234 e. The van der Waals surface area contributed by atoms with Crippen LogP contribution in [0.5, 0.6) is 0 Å². The Balaban J connectivity index is 2.26. The van der Waals surface area contributed by atoms with Crippen molar-refractivity contribution in [2.45, 2.75) is 6.54 Å². The Hall–Kier alpha value is -1.17. The summed E-state index contributed by atoms with van der Waals surface area (Å²) >= 11 is 5.72. The van der Waals surface area contributed by atoms with Crippen LogP contribution in [0.4, 0.5) is 4.39 Å². The lowest BCUT2D eigenvalue weighted by Gasteiger charge is -2.07. The number of rotatable bonds is 7. The third-order valence-electron chi connectivity index (χ3n) is 2.17. The van der Waals surface area contributed by atoms with Crippen molar-refractivity contribution in [3.8, 4) is 0 Å². The molecule has 0 atom stereocenters. The summed E-state index contributed by atoms with van der Waals surface area (Å²) in [4.78, 5) is 11.3. The van der Waals surface area contributed by atoms with Crippen molar-refractivity contribution >= 4 is 17.5 Å². The Morgan fingerprint density at radius 3 is 2.89 bits per heavy atom. The lowest BCUT2D eigenvalue weighted by atomic mass is 10.2. The molecule has 1 rings (SSSR count). The van der Waals surface area contributed by atoms with Crippen LogP contribution in [0.25, 0.3) is 0 Å². The van der Waals surface area contributed by atoms with Crippen LogP contribution in [-0.4, -0.2) is 32.7 Å². The van der Waals surface area contributed by atoms with Crippen molar-refractivity contribution in [3.63, 3.8) is 0 Å². The van der Waals surface area contributed by atoms with Crippen molar-refractivity contribution < 1.29 is 13.9 Å².